The zero-order chi connectivity index (χ0) is 14.5. The van der Waals surface area contributed by atoms with Gasteiger partial charge in [-0.3, -0.25) is 4.90 Å². The second kappa shape index (κ2) is 6.94. The van der Waals surface area contributed by atoms with Gasteiger partial charge in [-0.15, -0.1) is 22.7 Å². The van der Waals surface area contributed by atoms with Crippen molar-refractivity contribution in [3.05, 3.63) is 27.4 Å². The van der Waals surface area contributed by atoms with E-state index in [1.54, 1.807) is 0 Å². The maximum absolute atomic E-state index is 11.3. The van der Waals surface area contributed by atoms with Crippen molar-refractivity contribution >= 4 is 28.6 Å². The van der Waals surface area contributed by atoms with Crippen LogP contribution in [0.15, 0.2) is 17.5 Å². The average molecular weight is 312 g/mol. The molecule has 0 aromatic carbocycles. The molecule has 0 radical (unpaired) electrons. The summed E-state index contributed by atoms with van der Waals surface area (Å²) in [6.07, 6.45) is 0. The predicted octanol–water partition coefficient (Wildman–Crippen LogP) is 2.38. The van der Waals surface area contributed by atoms with Crippen molar-refractivity contribution in [3.8, 4) is 10.6 Å². The smallest absolute Gasteiger partial charge is 0.348 e. The van der Waals surface area contributed by atoms with E-state index >= 15 is 0 Å². The molecule has 5 nitrogen and oxygen atoms in total. The number of nitrogens with zero attached hydrogens (tertiary/aromatic N) is 2. The van der Waals surface area contributed by atoms with Crippen LogP contribution in [-0.4, -0.2) is 45.8 Å². The van der Waals surface area contributed by atoms with Crippen molar-refractivity contribution in [1.29, 1.82) is 0 Å². The van der Waals surface area contributed by atoms with Crippen LogP contribution in [0.2, 0.25) is 0 Å². The molecular weight excluding hydrogens is 296 g/mol. The molecule has 2 aromatic rings. The third-order valence-corrected chi connectivity index (χ3v) is 4.75. The number of aliphatic hydroxyl groups excluding tert-OH is 1. The van der Waals surface area contributed by atoms with Gasteiger partial charge in [0, 0.05) is 6.54 Å². The fraction of sp³-hybridized carbons (Fsp3) is 0.385. The Hall–Kier alpha value is -1.28. The quantitative estimate of drug-likeness (QED) is 0.821. The van der Waals surface area contributed by atoms with Crippen LogP contribution in [-0.2, 0) is 6.54 Å². The van der Waals surface area contributed by atoms with E-state index in [1.165, 1.54) is 22.7 Å². The van der Waals surface area contributed by atoms with Crippen molar-refractivity contribution in [1.82, 2.24) is 9.88 Å². The molecule has 2 rings (SSSR count). The molecule has 0 amide bonds. The minimum absolute atomic E-state index is 0.0861. The molecule has 0 bridgehead atoms. The lowest BCUT2D eigenvalue weighted by Gasteiger charge is -2.16. The van der Waals surface area contributed by atoms with Crippen molar-refractivity contribution in [2.24, 2.45) is 0 Å². The number of rotatable bonds is 7. The van der Waals surface area contributed by atoms with Crippen LogP contribution >= 0.6 is 22.7 Å². The molecule has 2 N–H and O–H groups in total. The van der Waals surface area contributed by atoms with Gasteiger partial charge in [-0.1, -0.05) is 13.0 Å². The summed E-state index contributed by atoms with van der Waals surface area (Å²) >= 11 is 2.69. The summed E-state index contributed by atoms with van der Waals surface area (Å²) in [5, 5.41) is 21.0. The van der Waals surface area contributed by atoms with Gasteiger partial charge in [0.2, 0.25) is 0 Å². The number of likely N-dealkylation sites (N-methyl/N-ethyl adjacent to an activating group) is 1. The van der Waals surface area contributed by atoms with Crippen molar-refractivity contribution < 1.29 is 15.0 Å². The highest BCUT2D eigenvalue weighted by atomic mass is 32.1. The van der Waals surface area contributed by atoms with Gasteiger partial charge in [-0.05, 0) is 18.0 Å². The predicted molar refractivity (Wildman–Crippen MR) is 80.4 cm³/mol. The van der Waals surface area contributed by atoms with Crippen LogP contribution in [0, 0.1) is 0 Å². The maximum Gasteiger partial charge on any atom is 0.348 e. The van der Waals surface area contributed by atoms with E-state index < -0.39 is 5.97 Å². The molecule has 0 fully saturated rings. The van der Waals surface area contributed by atoms with E-state index in [1.807, 2.05) is 29.3 Å². The topological polar surface area (TPSA) is 73.7 Å². The third kappa shape index (κ3) is 3.43. The van der Waals surface area contributed by atoms with Crippen molar-refractivity contribution in [2.45, 2.75) is 13.5 Å². The summed E-state index contributed by atoms with van der Waals surface area (Å²) in [5.41, 5.74) is 0.549. The largest absolute Gasteiger partial charge is 0.477 e. The van der Waals surface area contributed by atoms with E-state index in [9.17, 15) is 9.90 Å². The van der Waals surface area contributed by atoms with E-state index in [-0.39, 0.29) is 11.5 Å². The Balaban J connectivity index is 2.28. The molecule has 0 saturated heterocycles. The second-order valence-corrected chi connectivity index (χ2v) is 6.19. The average Bonchev–Trinajstić information content (AvgIpc) is 3.06. The highest BCUT2D eigenvalue weighted by Crippen LogP contribution is 2.31. The number of thiazole rings is 1. The first-order chi connectivity index (χ1) is 9.65. The monoisotopic (exact) mass is 312 g/mol. The number of aromatic nitrogens is 1. The molecule has 0 spiro atoms. The van der Waals surface area contributed by atoms with Crippen LogP contribution in [0.4, 0.5) is 0 Å². The number of carboxylic acids is 1. The Bertz CT molecular complexity index is 566. The standard InChI is InChI=1S/C13H16N2O3S2/c1-2-15(5-6-16)8-10-14-11(9-4-3-7-19-9)12(20-10)13(17)18/h3-4,7,16H,2,5-6,8H2,1H3,(H,17,18). The number of carbonyl (C=O) groups is 1. The first-order valence-electron chi connectivity index (χ1n) is 6.25. The summed E-state index contributed by atoms with van der Waals surface area (Å²) in [6.45, 7) is 4.00. The van der Waals surface area contributed by atoms with Crippen LogP contribution in [0.1, 0.15) is 21.6 Å². The van der Waals surface area contributed by atoms with Gasteiger partial charge in [-0.2, -0.15) is 0 Å². The molecule has 0 aliphatic carbocycles. The van der Waals surface area contributed by atoms with E-state index in [0.29, 0.717) is 18.8 Å². The summed E-state index contributed by atoms with van der Waals surface area (Å²) < 4.78 is 0. The number of hydrogen-bond donors (Lipinski definition) is 2. The summed E-state index contributed by atoms with van der Waals surface area (Å²) in [7, 11) is 0. The molecule has 0 aliphatic heterocycles. The van der Waals surface area contributed by atoms with E-state index in [4.69, 9.17) is 5.11 Å². The summed E-state index contributed by atoms with van der Waals surface area (Å²) in [6, 6.07) is 3.76. The van der Waals surface area contributed by atoms with Crippen molar-refractivity contribution in [2.75, 3.05) is 19.7 Å². The first-order valence-corrected chi connectivity index (χ1v) is 7.95. The lowest BCUT2D eigenvalue weighted by molar-refractivity contribution is 0.0702. The van der Waals surface area contributed by atoms with Gasteiger partial charge in [-0.25, -0.2) is 9.78 Å². The number of hydrogen-bond acceptors (Lipinski definition) is 6. The maximum atomic E-state index is 11.3. The molecule has 0 atom stereocenters. The van der Waals surface area contributed by atoms with E-state index in [0.717, 1.165) is 16.4 Å². The van der Waals surface area contributed by atoms with Gasteiger partial charge in [0.05, 0.1) is 18.0 Å². The Morgan fingerprint density at radius 3 is 2.85 bits per heavy atom. The summed E-state index contributed by atoms with van der Waals surface area (Å²) in [5.74, 6) is -0.942. The SMILES string of the molecule is CCN(CCO)Cc1nc(-c2cccs2)c(C(=O)O)s1. The van der Waals surface area contributed by atoms with E-state index in [2.05, 4.69) is 4.98 Å². The van der Waals surface area contributed by atoms with Crippen LogP contribution < -0.4 is 0 Å². The molecule has 0 unspecified atom stereocenters. The molecule has 20 heavy (non-hydrogen) atoms. The molecule has 108 valence electrons. The number of thiophene rings is 1. The first kappa shape index (κ1) is 15.1. The Labute approximate surface area is 125 Å². The highest BCUT2D eigenvalue weighted by molar-refractivity contribution is 7.16. The van der Waals surface area contributed by atoms with Gasteiger partial charge < -0.3 is 10.2 Å². The molecule has 0 saturated carbocycles. The van der Waals surface area contributed by atoms with Crippen LogP contribution in [0.25, 0.3) is 10.6 Å². The lowest BCUT2D eigenvalue weighted by atomic mass is 10.3. The summed E-state index contributed by atoms with van der Waals surface area (Å²) in [4.78, 5) is 19.0. The highest BCUT2D eigenvalue weighted by Gasteiger charge is 2.20. The fourth-order valence-electron chi connectivity index (χ4n) is 1.84. The number of aromatic carboxylic acids is 1. The van der Waals surface area contributed by atoms with Crippen LogP contribution in [0.5, 0.6) is 0 Å². The van der Waals surface area contributed by atoms with Crippen LogP contribution in [0.3, 0.4) is 0 Å². The molecule has 7 heteroatoms. The van der Waals surface area contributed by atoms with Gasteiger partial charge in [0.15, 0.2) is 0 Å². The van der Waals surface area contributed by atoms with Crippen molar-refractivity contribution in [3.63, 3.8) is 0 Å². The fourth-order valence-corrected chi connectivity index (χ4v) is 3.58. The molecule has 2 heterocycles. The lowest BCUT2D eigenvalue weighted by Crippen LogP contribution is -2.25. The zero-order valence-corrected chi connectivity index (χ0v) is 12.7. The second-order valence-electron chi connectivity index (χ2n) is 4.16. The minimum atomic E-state index is -0.942. The number of carboxylic acid groups (broad SMARTS) is 1. The zero-order valence-electron chi connectivity index (χ0n) is 11.1. The Morgan fingerprint density at radius 1 is 1.50 bits per heavy atom. The Kier molecular flexibility index (Phi) is 5.24. The van der Waals surface area contributed by atoms with Gasteiger partial charge in [0.25, 0.3) is 0 Å². The van der Waals surface area contributed by atoms with Gasteiger partial charge >= 0.3 is 5.97 Å². The van der Waals surface area contributed by atoms with Gasteiger partial charge in [0.1, 0.15) is 15.6 Å². The minimum Gasteiger partial charge on any atom is -0.477 e. The third-order valence-electron chi connectivity index (χ3n) is 2.84. The Morgan fingerprint density at radius 2 is 2.30 bits per heavy atom. The molecule has 0 aliphatic rings. The molecule has 2 aromatic heterocycles. The molecular formula is C13H16N2O3S2. The normalized spacial score (nSPS) is 11.2. The number of aliphatic hydroxyl groups is 1.